The van der Waals surface area contributed by atoms with Crippen molar-refractivity contribution >= 4 is 6.03 Å². The Kier molecular flexibility index (Phi) is 5.62. The summed E-state index contributed by atoms with van der Waals surface area (Å²) in [6.45, 7) is 11.7. The number of nitrogens with zero attached hydrogens (tertiary/aromatic N) is 1. The molecule has 0 aromatic carbocycles. The van der Waals surface area contributed by atoms with Gasteiger partial charge in [0.2, 0.25) is 0 Å². The lowest BCUT2D eigenvalue weighted by Crippen LogP contribution is -2.50. The molecule has 19 heavy (non-hydrogen) atoms. The molecule has 5 heteroatoms. The number of likely N-dealkylation sites (tertiary alicyclic amines) is 1. The van der Waals surface area contributed by atoms with Gasteiger partial charge < -0.3 is 20.6 Å². The van der Waals surface area contributed by atoms with Gasteiger partial charge in [-0.05, 0) is 40.2 Å². The first kappa shape index (κ1) is 16.2. The molecule has 0 aromatic rings. The molecule has 0 aromatic heterocycles. The number of rotatable bonds is 4. The van der Waals surface area contributed by atoms with Crippen LogP contribution < -0.4 is 10.6 Å². The van der Waals surface area contributed by atoms with Gasteiger partial charge in [-0.1, -0.05) is 6.92 Å². The fourth-order valence-corrected chi connectivity index (χ4v) is 2.46. The summed E-state index contributed by atoms with van der Waals surface area (Å²) in [5.74, 6) is 0. The molecule has 1 atom stereocenters. The van der Waals surface area contributed by atoms with Crippen LogP contribution in [0, 0.1) is 5.41 Å². The average molecular weight is 271 g/mol. The minimum Gasteiger partial charge on any atom is -0.396 e. The van der Waals surface area contributed by atoms with Crippen LogP contribution in [0.1, 0.15) is 40.5 Å². The lowest BCUT2D eigenvalue weighted by molar-refractivity contribution is 0.0474. The van der Waals surface area contributed by atoms with Crippen molar-refractivity contribution < 1.29 is 9.90 Å². The Bertz CT molecular complexity index is 302. The maximum absolute atomic E-state index is 11.6. The number of nitrogens with one attached hydrogen (secondary N) is 2. The second kappa shape index (κ2) is 6.57. The van der Waals surface area contributed by atoms with Crippen LogP contribution in [0.5, 0.6) is 0 Å². The summed E-state index contributed by atoms with van der Waals surface area (Å²) in [7, 11) is 0. The van der Waals surface area contributed by atoms with E-state index in [1.807, 2.05) is 20.8 Å². The van der Waals surface area contributed by atoms with E-state index in [-0.39, 0.29) is 23.6 Å². The Morgan fingerprint density at radius 3 is 2.68 bits per heavy atom. The quantitative estimate of drug-likeness (QED) is 0.719. The Labute approximate surface area is 116 Å². The van der Waals surface area contributed by atoms with Crippen molar-refractivity contribution in [2.45, 2.75) is 46.1 Å². The Morgan fingerprint density at radius 2 is 2.11 bits per heavy atom. The number of hydrogen-bond donors (Lipinski definition) is 3. The summed E-state index contributed by atoms with van der Waals surface area (Å²) in [5, 5.41) is 15.2. The van der Waals surface area contributed by atoms with Gasteiger partial charge in [-0.3, -0.25) is 0 Å². The molecule has 1 aliphatic heterocycles. The SMILES string of the molecule is CC1(CO)CCCN(CCNC(=O)NC(C)(C)C)C1. The van der Waals surface area contributed by atoms with Crippen molar-refractivity contribution in [1.29, 1.82) is 0 Å². The highest BCUT2D eigenvalue weighted by Gasteiger charge is 2.29. The molecule has 112 valence electrons. The minimum absolute atomic E-state index is 0.0198. The molecule has 1 saturated heterocycles. The molecule has 1 unspecified atom stereocenters. The zero-order valence-corrected chi connectivity index (χ0v) is 12.8. The molecule has 1 fully saturated rings. The highest BCUT2D eigenvalue weighted by Crippen LogP contribution is 2.28. The van der Waals surface area contributed by atoms with E-state index in [0.717, 1.165) is 32.5 Å². The van der Waals surface area contributed by atoms with Crippen molar-refractivity contribution in [2.75, 3.05) is 32.8 Å². The Hall–Kier alpha value is -0.810. The van der Waals surface area contributed by atoms with E-state index in [4.69, 9.17) is 0 Å². The molecule has 0 bridgehead atoms. The van der Waals surface area contributed by atoms with Crippen LogP contribution in [0.4, 0.5) is 4.79 Å². The minimum atomic E-state index is -0.204. The molecule has 5 nitrogen and oxygen atoms in total. The van der Waals surface area contributed by atoms with E-state index in [2.05, 4.69) is 22.5 Å². The second-order valence-corrected chi connectivity index (χ2v) is 6.98. The van der Waals surface area contributed by atoms with Gasteiger partial charge in [0.05, 0.1) is 0 Å². The van der Waals surface area contributed by atoms with Gasteiger partial charge in [0, 0.05) is 37.2 Å². The van der Waals surface area contributed by atoms with Gasteiger partial charge in [-0.2, -0.15) is 0 Å². The molecular weight excluding hydrogens is 242 g/mol. The van der Waals surface area contributed by atoms with E-state index in [1.54, 1.807) is 0 Å². The zero-order valence-electron chi connectivity index (χ0n) is 12.8. The molecule has 2 amide bonds. The summed E-state index contributed by atoms with van der Waals surface area (Å²) in [4.78, 5) is 13.9. The molecule has 0 spiro atoms. The van der Waals surface area contributed by atoms with E-state index in [9.17, 15) is 9.90 Å². The summed E-state index contributed by atoms with van der Waals surface area (Å²) in [5.41, 5.74) is -0.184. The predicted molar refractivity (Wildman–Crippen MR) is 77.2 cm³/mol. The van der Waals surface area contributed by atoms with Crippen molar-refractivity contribution in [3.05, 3.63) is 0 Å². The topological polar surface area (TPSA) is 64.6 Å². The summed E-state index contributed by atoms with van der Waals surface area (Å²) < 4.78 is 0. The predicted octanol–water partition coefficient (Wildman–Crippen LogP) is 1.18. The van der Waals surface area contributed by atoms with Gasteiger partial charge in [0.15, 0.2) is 0 Å². The van der Waals surface area contributed by atoms with Gasteiger partial charge in [0.25, 0.3) is 0 Å². The third-order valence-corrected chi connectivity index (χ3v) is 3.44. The number of amides is 2. The number of aliphatic hydroxyl groups is 1. The van der Waals surface area contributed by atoms with Crippen molar-refractivity contribution in [2.24, 2.45) is 5.41 Å². The van der Waals surface area contributed by atoms with Crippen LogP contribution >= 0.6 is 0 Å². The number of carbonyl (C=O) groups excluding carboxylic acids is 1. The molecule has 1 aliphatic rings. The van der Waals surface area contributed by atoms with E-state index in [1.165, 1.54) is 0 Å². The van der Waals surface area contributed by atoms with Crippen molar-refractivity contribution in [3.63, 3.8) is 0 Å². The molecule has 1 heterocycles. The summed E-state index contributed by atoms with van der Waals surface area (Å²) in [6.07, 6.45) is 2.20. The maximum Gasteiger partial charge on any atom is 0.315 e. The van der Waals surface area contributed by atoms with Crippen LogP contribution in [-0.2, 0) is 0 Å². The Balaban J connectivity index is 2.24. The molecule has 0 radical (unpaired) electrons. The van der Waals surface area contributed by atoms with Crippen LogP contribution in [0.2, 0.25) is 0 Å². The third-order valence-electron chi connectivity index (χ3n) is 3.44. The first-order valence-electron chi connectivity index (χ1n) is 7.13. The second-order valence-electron chi connectivity index (χ2n) is 6.98. The number of piperidine rings is 1. The number of urea groups is 1. The van der Waals surface area contributed by atoms with Gasteiger partial charge in [0.1, 0.15) is 0 Å². The van der Waals surface area contributed by atoms with Gasteiger partial charge >= 0.3 is 6.03 Å². The third kappa shape index (κ3) is 6.25. The highest BCUT2D eigenvalue weighted by atomic mass is 16.3. The van der Waals surface area contributed by atoms with E-state index >= 15 is 0 Å². The van der Waals surface area contributed by atoms with Crippen molar-refractivity contribution in [3.8, 4) is 0 Å². The zero-order chi connectivity index (χ0) is 14.5. The molecule has 0 aliphatic carbocycles. The Morgan fingerprint density at radius 1 is 1.42 bits per heavy atom. The number of aliphatic hydroxyl groups excluding tert-OH is 1. The molecule has 1 rings (SSSR count). The first-order chi connectivity index (χ1) is 8.74. The number of hydrogen-bond acceptors (Lipinski definition) is 3. The average Bonchev–Trinajstić information content (AvgIpc) is 2.27. The van der Waals surface area contributed by atoms with E-state index < -0.39 is 0 Å². The standard InChI is InChI=1S/C14H29N3O2/c1-13(2,3)16-12(19)15-7-9-17-8-5-6-14(4,10-17)11-18/h18H,5-11H2,1-4H3,(H2,15,16,19). The first-order valence-corrected chi connectivity index (χ1v) is 7.13. The van der Waals surface area contributed by atoms with Crippen LogP contribution in [0.25, 0.3) is 0 Å². The normalized spacial score (nSPS) is 25.1. The summed E-state index contributed by atoms with van der Waals surface area (Å²) in [6, 6.07) is -0.116. The van der Waals surface area contributed by atoms with Crippen molar-refractivity contribution in [1.82, 2.24) is 15.5 Å². The number of carbonyl (C=O) groups is 1. The lowest BCUT2D eigenvalue weighted by atomic mass is 9.83. The molecule has 3 N–H and O–H groups in total. The maximum atomic E-state index is 11.6. The largest absolute Gasteiger partial charge is 0.396 e. The lowest BCUT2D eigenvalue weighted by Gasteiger charge is -2.39. The van der Waals surface area contributed by atoms with Gasteiger partial charge in [-0.25, -0.2) is 4.79 Å². The highest BCUT2D eigenvalue weighted by molar-refractivity contribution is 5.74. The summed E-state index contributed by atoms with van der Waals surface area (Å²) >= 11 is 0. The smallest absolute Gasteiger partial charge is 0.315 e. The van der Waals surface area contributed by atoms with Crippen LogP contribution in [0.3, 0.4) is 0 Å². The fourth-order valence-electron chi connectivity index (χ4n) is 2.46. The van der Waals surface area contributed by atoms with E-state index in [0.29, 0.717) is 6.54 Å². The van der Waals surface area contributed by atoms with Crippen LogP contribution in [-0.4, -0.2) is 54.4 Å². The monoisotopic (exact) mass is 271 g/mol. The van der Waals surface area contributed by atoms with Crippen LogP contribution in [0.15, 0.2) is 0 Å². The van der Waals surface area contributed by atoms with Gasteiger partial charge in [-0.15, -0.1) is 0 Å². The fraction of sp³-hybridized carbons (Fsp3) is 0.929. The molecular formula is C14H29N3O2. The molecule has 0 saturated carbocycles.